The lowest BCUT2D eigenvalue weighted by Crippen LogP contribution is -1.94. The predicted molar refractivity (Wildman–Crippen MR) is 35.2 cm³/mol. The van der Waals surface area contributed by atoms with Crippen LogP contribution in [0, 0.1) is 0 Å². The van der Waals surface area contributed by atoms with Crippen LogP contribution in [0.1, 0.15) is 0 Å². The second-order valence-electron chi connectivity index (χ2n) is 1.46. The third-order valence-corrected chi connectivity index (χ3v) is 0.666. The van der Waals surface area contributed by atoms with E-state index >= 15 is 0 Å². The topological polar surface area (TPSA) is 58.9 Å². The predicted octanol–water partition coefficient (Wildman–Crippen LogP) is -0.525. The monoisotopic (exact) mass is 148 g/mol. The van der Waals surface area contributed by atoms with Gasteiger partial charge in [0.2, 0.25) is 0 Å². The highest BCUT2D eigenvalue weighted by molar-refractivity contribution is 4.60. The van der Waals surface area contributed by atoms with Crippen LogP contribution in [0.15, 0.2) is 12.5 Å². The summed E-state index contributed by atoms with van der Waals surface area (Å²) in [6.07, 6.45) is 2.65. The van der Waals surface area contributed by atoms with Gasteiger partial charge in [-0.15, -0.1) is 0 Å². The fraction of sp³-hybridized carbons (Fsp3) is 0.667. The second kappa shape index (κ2) is 8.26. The van der Waals surface area contributed by atoms with E-state index in [0.29, 0.717) is 0 Å². The smallest absolute Gasteiger partial charge is 0.117 e. The number of hydrogen-bond acceptors (Lipinski definition) is 4. The highest BCUT2D eigenvalue weighted by Gasteiger charge is 1.77. The van der Waals surface area contributed by atoms with E-state index in [1.165, 1.54) is 12.5 Å². The van der Waals surface area contributed by atoms with Crippen molar-refractivity contribution in [1.29, 1.82) is 0 Å². The van der Waals surface area contributed by atoms with E-state index in [9.17, 15) is 0 Å². The van der Waals surface area contributed by atoms with Gasteiger partial charge in [0, 0.05) is 0 Å². The average Bonchev–Trinajstić information content (AvgIpc) is 1.97. The van der Waals surface area contributed by atoms with Crippen LogP contribution in [0.5, 0.6) is 0 Å². The first-order valence-electron chi connectivity index (χ1n) is 3.01. The van der Waals surface area contributed by atoms with Crippen LogP contribution in [0.2, 0.25) is 0 Å². The fourth-order valence-electron chi connectivity index (χ4n) is 0.320. The third kappa shape index (κ3) is 7.26. The Morgan fingerprint density at radius 3 is 1.60 bits per heavy atom. The van der Waals surface area contributed by atoms with Gasteiger partial charge in [0.15, 0.2) is 0 Å². The van der Waals surface area contributed by atoms with Gasteiger partial charge in [0.25, 0.3) is 0 Å². The lowest BCUT2D eigenvalue weighted by atomic mass is 10.8. The summed E-state index contributed by atoms with van der Waals surface area (Å²) in [4.78, 5) is 0. The van der Waals surface area contributed by atoms with Crippen molar-refractivity contribution >= 4 is 0 Å². The van der Waals surface area contributed by atoms with Crippen molar-refractivity contribution in [3.63, 3.8) is 0 Å². The molecule has 2 N–H and O–H groups in total. The molecule has 4 nitrogen and oxygen atoms in total. The molecule has 0 aromatic heterocycles. The van der Waals surface area contributed by atoms with Gasteiger partial charge in [-0.1, -0.05) is 0 Å². The number of aliphatic hydroxyl groups is 2. The Labute approximate surface area is 59.7 Å². The molecule has 0 bridgehead atoms. The molecule has 0 radical (unpaired) electrons. The summed E-state index contributed by atoms with van der Waals surface area (Å²) < 4.78 is 9.38. The van der Waals surface area contributed by atoms with Gasteiger partial charge in [0.05, 0.1) is 13.2 Å². The van der Waals surface area contributed by atoms with E-state index in [1.54, 1.807) is 0 Å². The second-order valence-corrected chi connectivity index (χ2v) is 1.46. The quantitative estimate of drug-likeness (QED) is 0.393. The van der Waals surface area contributed by atoms with Crippen LogP contribution in [-0.4, -0.2) is 36.6 Å². The van der Waals surface area contributed by atoms with Crippen LogP contribution in [0.4, 0.5) is 0 Å². The van der Waals surface area contributed by atoms with Crippen LogP contribution in [0.25, 0.3) is 0 Å². The molecule has 10 heavy (non-hydrogen) atoms. The van der Waals surface area contributed by atoms with Crippen molar-refractivity contribution in [3.8, 4) is 0 Å². The fourth-order valence-corrected chi connectivity index (χ4v) is 0.320. The molecule has 0 unspecified atom stereocenters. The molecular formula is C6H12O4. The Hall–Kier alpha value is -0.740. The standard InChI is InChI=1S/C6H12O4/c7-1-3-9-5-6-10-4-2-8/h5-8H,1-4H2. The molecule has 0 saturated carbocycles. The number of rotatable bonds is 6. The first-order chi connectivity index (χ1) is 4.91. The van der Waals surface area contributed by atoms with Crippen molar-refractivity contribution < 1.29 is 19.7 Å². The van der Waals surface area contributed by atoms with Crippen LogP contribution >= 0.6 is 0 Å². The summed E-state index contributed by atoms with van der Waals surface area (Å²) in [5.41, 5.74) is 0. The molecule has 4 heteroatoms. The minimum absolute atomic E-state index is 0.00958. The van der Waals surface area contributed by atoms with Gasteiger partial charge in [-0.2, -0.15) is 0 Å². The molecule has 0 saturated heterocycles. The molecule has 0 heterocycles. The van der Waals surface area contributed by atoms with Gasteiger partial charge in [-0.25, -0.2) is 0 Å². The summed E-state index contributed by atoms with van der Waals surface area (Å²) in [7, 11) is 0. The van der Waals surface area contributed by atoms with Gasteiger partial charge in [-0.05, 0) is 0 Å². The Kier molecular flexibility index (Phi) is 7.65. The maximum atomic E-state index is 8.23. The third-order valence-electron chi connectivity index (χ3n) is 0.666. The van der Waals surface area contributed by atoms with E-state index in [0.717, 1.165) is 0 Å². The molecule has 0 aromatic carbocycles. The highest BCUT2D eigenvalue weighted by atomic mass is 16.5. The molecular weight excluding hydrogens is 136 g/mol. The Balaban J connectivity index is 2.89. The van der Waals surface area contributed by atoms with E-state index in [-0.39, 0.29) is 26.4 Å². The summed E-state index contributed by atoms with van der Waals surface area (Å²) in [5.74, 6) is 0. The zero-order valence-electron chi connectivity index (χ0n) is 5.69. The number of ether oxygens (including phenoxy) is 2. The zero-order valence-corrected chi connectivity index (χ0v) is 5.69. The van der Waals surface area contributed by atoms with Crippen molar-refractivity contribution in [2.45, 2.75) is 0 Å². The molecule has 60 valence electrons. The summed E-state index contributed by atoms with van der Waals surface area (Å²) in [5, 5.41) is 16.5. The van der Waals surface area contributed by atoms with Crippen molar-refractivity contribution in [2.24, 2.45) is 0 Å². The van der Waals surface area contributed by atoms with E-state index < -0.39 is 0 Å². The Morgan fingerprint density at radius 2 is 1.30 bits per heavy atom. The number of hydrogen-bond donors (Lipinski definition) is 2. The number of aliphatic hydroxyl groups excluding tert-OH is 2. The van der Waals surface area contributed by atoms with Gasteiger partial charge in [0.1, 0.15) is 25.7 Å². The van der Waals surface area contributed by atoms with E-state index in [4.69, 9.17) is 19.7 Å². The van der Waals surface area contributed by atoms with Crippen molar-refractivity contribution in [1.82, 2.24) is 0 Å². The van der Waals surface area contributed by atoms with Gasteiger partial charge >= 0.3 is 0 Å². The van der Waals surface area contributed by atoms with Crippen LogP contribution in [-0.2, 0) is 9.47 Å². The zero-order chi connectivity index (χ0) is 7.66. The maximum absolute atomic E-state index is 8.23. The molecule has 0 atom stereocenters. The first kappa shape index (κ1) is 9.26. The molecule has 0 amide bonds. The minimum atomic E-state index is -0.00958. The Bertz CT molecular complexity index is 71.8. The van der Waals surface area contributed by atoms with Crippen LogP contribution in [0.3, 0.4) is 0 Å². The van der Waals surface area contributed by atoms with Crippen LogP contribution < -0.4 is 0 Å². The van der Waals surface area contributed by atoms with E-state index in [2.05, 4.69) is 0 Å². The maximum Gasteiger partial charge on any atom is 0.117 e. The SMILES string of the molecule is OCCOC=COCCO. The summed E-state index contributed by atoms with van der Waals surface area (Å²) in [6, 6.07) is 0. The molecule has 0 rings (SSSR count). The first-order valence-corrected chi connectivity index (χ1v) is 3.01. The minimum Gasteiger partial charge on any atom is -0.496 e. The van der Waals surface area contributed by atoms with Gasteiger partial charge < -0.3 is 19.7 Å². The molecule has 0 aromatic rings. The lowest BCUT2D eigenvalue weighted by Gasteiger charge is -1.96. The lowest BCUT2D eigenvalue weighted by molar-refractivity contribution is 0.139. The summed E-state index contributed by atoms with van der Waals surface area (Å²) in [6.45, 7) is 0.507. The largest absolute Gasteiger partial charge is 0.496 e. The average molecular weight is 148 g/mol. The Morgan fingerprint density at radius 1 is 0.900 bits per heavy atom. The van der Waals surface area contributed by atoms with E-state index in [1.807, 2.05) is 0 Å². The molecule has 0 aliphatic heterocycles. The highest BCUT2D eigenvalue weighted by Crippen LogP contribution is 1.79. The van der Waals surface area contributed by atoms with Gasteiger partial charge in [-0.3, -0.25) is 0 Å². The normalized spacial score (nSPS) is 10.2. The molecule has 0 spiro atoms. The molecule has 0 aliphatic rings. The van der Waals surface area contributed by atoms with Crippen molar-refractivity contribution in [2.75, 3.05) is 26.4 Å². The molecule has 0 aliphatic carbocycles. The summed E-state index contributed by atoms with van der Waals surface area (Å²) >= 11 is 0. The molecule has 0 fully saturated rings. The van der Waals surface area contributed by atoms with Crippen molar-refractivity contribution in [3.05, 3.63) is 12.5 Å².